The molecule has 0 bridgehead atoms. The van der Waals surface area contributed by atoms with E-state index in [4.69, 9.17) is 5.73 Å². The van der Waals surface area contributed by atoms with Gasteiger partial charge in [-0.25, -0.2) is 9.13 Å². The predicted octanol–water partition coefficient (Wildman–Crippen LogP) is -2.34. The number of carbonyl (C=O) groups is 1. The molecule has 2 aromatic rings. The Hall–Kier alpha value is -1.46. The zero-order chi connectivity index (χ0) is 12.3. The van der Waals surface area contributed by atoms with Crippen molar-refractivity contribution in [3.05, 3.63) is 54.1 Å². The number of ketones is 1. The minimum Gasteiger partial charge on any atom is -1.00 e. The molecule has 2 rings (SSSR count). The number of Topliss-reactive ketones (excluding diaryl/α,β-unsaturated/α-hetero) is 1. The summed E-state index contributed by atoms with van der Waals surface area (Å²) in [5.74, 6) is 0.102. The van der Waals surface area contributed by atoms with Crippen molar-refractivity contribution < 1.29 is 26.3 Å². The van der Waals surface area contributed by atoms with Crippen molar-refractivity contribution in [3.8, 4) is 0 Å². The number of halogens is 1. The van der Waals surface area contributed by atoms with Gasteiger partial charge in [-0.3, -0.25) is 4.79 Å². The SMILES string of the molecule is C[n+]1ccn(CC(=O)c2ccc(CN)cc2)c1.[Br-]. The second-order valence-electron chi connectivity index (χ2n) is 4.08. The van der Waals surface area contributed by atoms with Crippen LogP contribution in [0.25, 0.3) is 0 Å². The van der Waals surface area contributed by atoms with Crippen LogP contribution in [0.2, 0.25) is 0 Å². The number of imidazole rings is 1. The molecule has 18 heavy (non-hydrogen) atoms. The van der Waals surface area contributed by atoms with Crippen LogP contribution in [0.3, 0.4) is 0 Å². The van der Waals surface area contributed by atoms with E-state index in [0.717, 1.165) is 11.1 Å². The molecule has 0 aliphatic rings. The molecule has 0 aliphatic carbocycles. The van der Waals surface area contributed by atoms with E-state index in [2.05, 4.69) is 0 Å². The molecular formula is C13H16BrN3O. The molecule has 0 fully saturated rings. The van der Waals surface area contributed by atoms with E-state index in [9.17, 15) is 4.79 Å². The Morgan fingerprint density at radius 2 is 2.00 bits per heavy atom. The third-order valence-electron chi connectivity index (χ3n) is 2.66. The van der Waals surface area contributed by atoms with Gasteiger partial charge in [0.25, 0.3) is 0 Å². The summed E-state index contributed by atoms with van der Waals surface area (Å²) < 4.78 is 3.77. The zero-order valence-corrected chi connectivity index (χ0v) is 11.8. The lowest BCUT2D eigenvalue weighted by molar-refractivity contribution is -0.671. The van der Waals surface area contributed by atoms with E-state index in [1.165, 1.54) is 0 Å². The number of rotatable bonds is 4. The molecule has 1 aromatic heterocycles. The van der Waals surface area contributed by atoms with Gasteiger partial charge in [0, 0.05) is 12.1 Å². The van der Waals surface area contributed by atoms with Crippen LogP contribution in [0.15, 0.2) is 43.0 Å². The lowest BCUT2D eigenvalue weighted by Gasteiger charge is -2.00. The number of benzene rings is 1. The summed E-state index contributed by atoms with van der Waals surface area (Å²) in [5, 5.41) is 0. The second kappa shape index (κ2) is 6.47. The topological polar surface area (TPSA) is 51.9 Å². The molecule has 2 N–H and O–H groups in total. The molecule has 0 amide bonds. The largest absolute Gasteiger partial charge is 1.00 e. The Morgan fingerprint density at radius 3 is 2.50 bits per heavy atom. The van der Waals surface area contributed by atoms with Crippen molar-refractivity contribution in [1.29, 1.82) is 0 Å². The lowest BCUT2D eigenvalue weighted by atomic mass is 10.1. The maximum Gasteiger partial charge on any atom is 0.243 e. The second-order valence-corrected chi connectivity index (χ2v) is 4.08. The first-order valence-corrected chi connectivity index (χ1v) is 5.52. The molecule has 0 unspecified atom stereocenters. The Bertz CT molecular complexity index is 519. The third-order valence-corrected chi connectivity index (χ3v) is 2.66. The van der Waals surface area contributed by atoms with Crippen LogP contribution >= 0.6 is 0 Å². The van der Waals surface area contributed by atoms with E-state index in [1.54, 1.807) is 0 Å². The summed E-state index contributed by atoms with van der Waals surface area (Å²) in [7, 11) is 1.93. The van der Waals surface area contributed by atoms with Gasteiger partial charge in [0.05, 0.1) is 7.05 Å². The zero-order valence-electron chi connectivity index (χ0n) is 10.2. The van der Waals surface area contributed by atoms with E-state index in [-0.39, 0.29) is 22.8 Å². The molecule has 96 valence electrons. The Morgan fingerprint density at radius 1 is 1.33 bits per heavy atom. The van der Waals surface area contributed by atoms with Crippen LogP contribution in [0.5, 0.6) is 0 Å². The van der Waals surface area contributed by atoms with Crippen molar-refractivity contribution in [2.75, 3.05) is 0 Å². The molecule has 5 heteroatoms. The van der Waals surface area contributed by atoms with Gasteiger partial charge in [-0.05, 0) is 5.56 Å². The van der Waals surface area contributed by atoms with Crippen molar-refractivity contribution in [1.82, 2.24) is 4.57 Å². The molecule has 0 saturated carbocycles. The normalized spacial score (nSPS) is 9.89. The first kappa shape index (κ1) is 14.6. The van der Waals surface area contributed by atoms with Crippen molar-refractivity contribution in [2.24, 2.45) is 12.8 Å². The van der Waals surface area contributed by atoms with Crippen LogP contribution in [0.4, 0.5) is 0 Å². The standard InChI is InChI=1S/C13H16N3O.BrH/c1-15-6-7-16(10-15)9-13(17)12-4-2-11(8-14)3-5-12;/h2-7,10H,8-9,14H2,1H3;1H/q+1;/p-1. The highest BCUT2D eigenvalue weighted by atomic mass is 79.9. The number of aryl methyl sites for hydroxylation is 1. The van der Waals surface area contributed by atoms with E-state index in [0.29, 0.717) is 13.1 Å². The molecule has 0 atom stereocenters. The molecule has 0 radical (unpaired) electrons. The third kappa shape index (κ3) is 3.51. The first-order chi connectivity index (χ1) is 8.19. The van der Waals surface area contributed by atoms with Crippen molar-refractivity contribution >= 4 is 5.78 Å². The number of hydrogen-bond donors (Lipinski definition) is 1. The predicted molar refractivity (Wildman–Crippen MR) is 64.3 cm³/mol. The highest BCUT2D eigenvalue weighted by molar-refractivity contribution is 5.95. The quantitative estimate of drug-likeness (QED) is 0.508. The fourth-order valence-corrected chi connectivity index (χ4v) is 1.68. The van der Waals surface area contributed by atoms with Crippen LogP contribution in [0, 0.1) is 0 Å². The number of aromatic nitrogens is 2. The smallest absolute Gasteiger partial charge is 0.243 e. The van der Waals surface area contributed by atoms with Crippen LogP contribution in [-0.4, -0.2) is 10.4 Å². The molecular weight excluding hydrogens is 294 g/mol. The number of nitrogens with zero attached hydrogens (tertiary/aromatic N) is 2. The van der Waals surface area contributed by atoms with Gasteiger partial charge in [-0.2, -0.15) is 0 Å². The molecule has 4 nitrogen and oxygen atoms in total. The maximum atomic E-state index is 12.0. The molecule has 1 heterocycles. The van der Waals surface area contributed by atoms with E-state index >= 15 is 0 Å². The molecule has 0 saturated heterocycles. The summed E-state index contributed by atoms with van der Waals surface area (Å²) in [6.45, 7) is 0.866. The Labute approximate surface area is 117 Å². The lowest BCUT2D eigenvalue weighted by Crippen LogP contribution is -3.00. The number of carbonyl (C=O) groups excluding carboxylic acids is 1. The van der Waals surface area contributed by atoms with Crippen LogP contribution in [0.1, 0.15) is 15.9 Å². The van der Waals surface area contributed by atoms with Gasteiger partial charge in [-0.15, -0.1) is 0 Å². The summed E-state index contributed by atoms with van der Waals surface area (Å²) in [5.41, 5.74) is 7.27. The van der Waals surface area contributed by atoms with Gasteiger partial charge in [0.1, 0.15) is 12.4 Å². The molecule has 0 aliphatic heterocycles. The average molecular weight is 310 g/mol. The Kier molecular flexibility index (Phi) is 5.25. The molecule has 0 spiro atoms. The minimum atomic E-state index is 0. The number of hydrogen-bond acceptors (Lipinski definition) is 2. The summed E-state index contributed by atoms with van der Waals surface area (Å²) in [6.07, 6.45) is 5.67. The summed E-state index contributed by atoms with van der Waals surface area (Å²) in [6, 6.07) is 7.44. The van der Waals surface area contributed by atoms with Crippen molar-refractivity contribution in [3.63, 3.8) is 0 Å². The maximum absolute atomic E-state index is 12.0. The van der Waals surface area contributed by atoms with Gasteiger partial charge in [-0.1, -0.05) is 24.3 Å². The highest BCUT2D eigenvalue weighted by Gasteiger charge is 2.10. The van der Waals surface area contributed by atoms with Crippen LogP contribution in [-0.2, 0) is 20.1 Å². The fourth-order valence-electron chi connectivity index (χ4n) is 1.68. The Balaban J connectivity index is 0.00000162. The van der Waals surface area contributed by atoms with E-state index in [1.807, 2.05) is 59.2 Å². The highest BCUT2D eigenvalue weighted by Crippen LogP contribution is 2.05. The minimum absolute atomic E-state index is 0. The monoisotopic (exact) mass is 309 g/mol. The van der Waals surface area contributed by atoms with E-state index < -0.39 is 0 Å². The van der Waals surface area contributed by atoms with Crippen LogP contribution < -0.4 is 27.3 Å². The van der Waals surface area contributed by atoms with Gasteiger partial charge < -0.3 is 22.7 Å². The average Bonchev–Trinajstić information content (AvgIpc) is 2.75. The van der Waals surface area contributed by atoms with Gasteiger partial charge in [0.15, 0.2) is 6.54 Å². The van der Waals surface area contributed by atoms with Crippen molar-refractivity contribution in [2.45, 2.75) is 13.1 Å². The van der Waals surface area contributed by atoms with Gasteiger partial charge in [0.2, 0.25) is 12.1 Å². The summed E-state index contributed by atoms with van der Waals surface area (Å²) >= 11 is 0. The van der Waals surface area contributed by atoms with Gasteiger partial charge >= 0.3 is 0 Å². The summed E-state index contributed by atoms with van der Waals surface area (Å²) in [4.78, 5) is 12.0. The molecule has 1 aromatic carbocycles. The number of nitrogens with two attached hydrogens (primary N) is 1. The fraction of sp³-hybridized carbons (Fsp3) is 0.231. The first-order valence-electron chi connectivity index (χ1n) is 5.52.